The van der Waals surface area contributed by atoms with Crippen molar-refractivity contribution in [2.45, 2.75) is 25.3 Å². The van der Waals surface area contributed by atoms with Crippen LogP contribution in [0.5, 0.6) is 0 Å². The lowest BCUT2D eigenvalue weighted by Crippen LogP contribution is -2.24. The fourth-order valence-electron chi connectivity index (χ4n) is 3.24. The molecule has 1 aliphatic heterocycles. The van der Waals surface area contributed by atoms with E-state index in [9.17, 15) is 0 Å². The van der Waals surface area contributed by atoms with Gasteiger partial charge >= 0.3 is 0 Å². The zero-order valence-corrected chi connectivity index (χ0v) is 13.9. The molecule has 0 bridgehead atoms. The van der Waals surface area contributed by atoms with E-state index in [-0.39, 0.29) is 0 Å². The third-order valence-electron chi connectivity index (χ3n) is 4.35. The van der Waals surface area contributed by atoms with E-state index in [0.717, 1.165) is 28.8 Å². The molecule has 1 aliphatic rings. The van der Waals surface area contributed by atoms with Crippen molar-refractivity contribution in [3.05, 3.63) is 58.8 Å². The molecule has 3 nitrogen and oxygen atoms in total. The summed E-state index contributed by atoms with van der Waals surface area (Å²) in [4.78, 5) is 4.87. The summed E-state index contributed by atoms with van der Waals surface area (Å²) >= 11 is 3.51. The van der Waals surface area contributed by atoms with E-state index in [1.807, 2.05) is 6.07 Å². The number of aromatic nitrogens is 2. The standard InChI is InChI=1S/C18H18BrN3/c19-14-8-6-13(7-9-14)18-16(12-15-4-3-10-20-15)22-11-2-1-5-17(22)21-18/h1-2,5-9,11,15,20H,3-4,10,12H2. The van der Waals surface area contributed by atoms with Crippen molar-refractivity contribution < 1.29 is 0 Å². The summed E-state index contributed by atoms with van der Waals surface area (Å²) in [6.45, 7) is 1.13. The van der Waals surface area contributed by atoms with Crippen molar-refractivity contribution in [1.29, 1.82) is 0 Å². The number of nitrogens with zero attached hydrogens (tertiary/aromatic N) is 2. The van der Waals surface area contributed by atoms with Gasteiger partial charge in [-0.05, 0) is 43.7 Å². The van der Waals surface area contributed by atoms with E-state index in [4.69, 9.17) is 4.98 Å². The zero-order chi connectivity index (χ0) is 14.9. The van der Waals surface area contributed by atoms with Gasteiger partial charge < -0.3 is 9.72 Å². The van der Waals surface area contributed by atoms with E-state index in [2.05, 4.69) is 68.2 Å². The van der Waals surface area contributed by atoms with Crippen molar-refractivity contribution >= 4 is 21.6 Å². The predicted molar refractivity (Wildman–Crippen MR) is 93.1 cm³/mol. The number of rotatable bonds is 3. The second-order valence-corrected chi connectivity index (χ2v) is 6.76. The quantitative estimate of drug-likeness (QED) is 0.767. The van der Waals surface area contributed by atoms with Crippen LogP contribution in [0, 0.1) is 0 Å². The van der Waals surface area contributed by atoms with E-state index in [1.54, 1.807) is 0 Å². The van der Waals surface area contributed by atoms with Crippen molar-refractivity contribution in [2.24, 2.45) is 0 Å². The molecule has 4 rings (SSSR count). The average molecular weight is 356 g/mol. The number of imidazole rings is 1. The fraction of sp³-hybridized carbons (Fsp3) is 0.278. The van der Waals surface area contributed by atoms with Crippen LogP contribution in [0.4, 0.5) is 0 Å². The first-order valence-corrected chi connectivity index (χ1v) is 8.56. The molecule has 112 valence electrons. The van der Waals surface area contributed by atoms with Gasteiger partial charge in [0.15, 0.2) is 0 Å². The Labute approximate surface area is 138 Å². The maximum Gasteiger partial charge on any atom is 0.137 e. The number of hydrogen-bond acceptors (Lipinski definition) is 2. The van der Waals surface area contributed by atoms with Gasteiger partial charge in [0.25, 0.3) is 0 Å². The number of halogens is 1. The van der Waals surface area contributed by atoms with Crippen LogP contribution in [0.25, 0.3) is 16.9 Å². The molecular formula is C18H18BrN3. The molecule has 4 heteroatoms. The van der Waals surface area contributed by atoms with Crippen LogP contribution >= 0.6 is 15.9 Å². The normalized spacial score (nSPS) is 18.1. The molecule has 0 saturated carbocycles. The second-order valence-electron chi connectivity index (χ2n) is 5.84. The summed E-state index contributed by atoms with van der Waals surface area (Å²) in [7, 11) is 0. The van der Waals surface area contributed by atoms with E-state index < -0.39 is 0 Å². The summed E-state index contributed by atoms with van der Waals surface area (Å²) in [5.41, 5.74) is 4.61. The minimum Gasteiger partial charge on any atom is -0.314 e. The van der Waals surface area contributed by atoms with Gasteiger partial charge in [-0.1, -0.05) is 34.1 Å². The molecule has 0 spiro atoms. The van der Waals surface area contributed by atoms with Crippen molar-refractivity contribution in [1.82, 2.24) is 14.7 Å². The minimum absolute atomic E-state index is 0.564. The largest absolute Gasteiger partial charge is 0.314 e. The van der Waals surface area contributed by atoms with Gasteiger partial charge in [0, 0.05) is 28.7 Å². The maximum atomic E-state index is 4.87. The topological polar surface area (TPSA) is 29.3 Å². The lowest BCUT2D eigenvalue weighted by Gasteiger charge is -2.11. The highest BCUT2D eigenvalue weighted by Crippen LogP contribution is 2.27. The third kappa shape index (κ3) is 2.57. The van der Waals surface area contributed by atoms with Crippen molar-refractivity contribution in [2.75, 3.05) is 6.54 Å². The predicted octanol–water partition coefficient (Wildman–Crippen LogP) is 4.06. The summed E-state index contributed by atoms with van der Waals surface area (Å²) in [5, 5.41) is 3.60. The molecule has 1 saturated heterocycles. The minimum atomic E-state index is 0.564. The number of fused-ring (bicyclic) bond motifs is 1. The van der Waals surface area contributed by atoms with Crippen LogP contribution < -0.4 is 5.32 Å². The van der Waals surface area contributed by atoms with Crippen LogP contribution in [0.2, 0.25) is 0 Å². The number of benzene rings is 1. The van der Waals surface area contributed by atoms with Crippen LogP contribution in [0.15, 0.2) is 53.1 Å². The van der Waals surface area contributed by atoms with Gasteiger partial charge in [-0.15, -0.1) is 0 Å². The lowest BCUT2D eigenvalue weighted by atomic mass is 10.0. The van der Waals surface area contributed by atoms with Gasteiger partial charge in [0.2, 0.25) is 0 Å². The van der Waals surface area contributed by atoms with E-state index in [0.29, 0.717) is 6.04 Å². The van der Waals surface area contributed by atoms with Crippen LogP contribution in [-0.2, 0) is 6.42 Å². The summed E-state index contributed by atoms with van der Waals surface area (Å²) in [5.74, 6) is 0. The molecule has 2 aromatic heterocycles. The molecule has 0 aliphatic carbocycles. The molecule has 1 N–H and O–H groups in total. The number of hydrogen-bond donors (Lipinski definition) is 1. The summed E-state index contributed by atoms with van der Waals surface area (Å²) in [6, 6.07) is 15.2. The summed E-state index contributed by atoms with van der Waals surface area (Å²) in [6.07, 6.45) is 5.67. The van der Waals surface area contributed by atoms with Crippen molar-refractivity contribution in [3.63, 3.8) is 0 Å². The molecule has 22 heavy (non-hydrogen) atoms. The highest BCUT2D eigenvalue weighted by Gasteiger charge is 2.20. The Morgan fingerprint density at radius 3 is 2.82 bits per heavy atom. The molecule has 0 amide bonds. The Morgan fingerprint density at radius 1 is 1.18 bits per heavy atom. The first-order valence-electron chi connectivity index (χ1n) is 7.76. The SMILES string of the molecule is Brc1ccc(-c2nc3ccccn3c2CC2CCCN2)cc1. The molecule has 1 atom stereocenters. The molecule has 3 aromatic rings. The van der Waals surface area contributed by atoms with Gasteiger partial charge in [-0.3, -0.25) is 0 Å². The molecular weight excluding hydrogens is 338 g/mol. The first-order chi connectivity index (χ1) is 10.8. The maximum absolute atomic E-state index is 4.87. The van der Waals surface area contributed by atoms with Crippen molar-refractivity contribution in [3.8, 4) is 11.3 Å². The Hall–Kier alpha value is -1.65. The van der Waals surface area contributed by atoms with Gasteiger partial charge in [-0.2, -0.15) is 0 Å². The van der Waals surface area contributed by atoms with Gasteiger partial charge in [-0.25, -0.2) is 4.98 Å². The second kappa shape index (κ2) is 5.86. The van der Waals surface area contributed by atoms with Crippen LogP contribution in [0.1, 0.15) is 18.5 Å². The Morgan fingerprint density at radius 2 is 2.05 bits per heavy atom. The third-order valence-corrected chi connectivity index (χ3v) is 4.88. The number of nitrogens with one attached hydrogen (secondary N) is 1. The monoisotopic (exact) mass is 355 g/mol. The van der Waals surface area contributed by atoms with Crippen LogP contribution in [0.3, 0.4) is 0 Å². The Kier molecular flexibility index (Phi) is 3.72. The molecule has 1 fully saturated rings. The smallest absolute Gasteiger partial charge is 0.137 e. The molecule has 1 unspecified atom stereocenters. The van der Waals surface area contributed by atoms with Gasteiger partial charge in [0.05, 0.1) is 11.4 Å². The number of pyridine rings is 1. The van der Waals surface area contributed by atoms with E-state index in [1.165, 1.54) is 24.1 Å². The average Bonchev–Trinajstić information content (AvgIpc) is 3.17. The summed E-state index contributed by atoms with van der Waals surface area (Å²) < 4.78 is 3.33. The van der Waals surface area contributed by atoms with Gasteiger partial charge in [0.1, 0.15) is 5.65 Å². The van der Waals surface area contributed by atoms with E-state index >= 15 is 0 Å². The zero-order valence-electron chi connectivity index (χ0n) is 12.3. The highest BCUT2D eigenvalue weighted by molar-refractivity contribution is 9.10. The first kappa shape index (κ1) is 14.0. The highest BCUT2D eigenvalue weighted by atomic mass is 79.9. The van der Waals surface area contributed by atoms with Crippen LogP contribution in [-0.4, -0.2) is 22.0 Å². The molecule has 1 aromatic carbocycles. The fourth-order valence-corrected chi connectivity index (χ4v) is 3.51. The lowest BCUT2D eigenvalue weighted by molar-refractivity contribution is 0.593. The molecule has 3 heterocycles. The molecule has 0 radical (unpaired) electrons. The Bertz CT molecular complexity index is 786. The Balaban J connectivity index is 1.83.